The smallest absolute Gasteiger partial charge is 0.109 e. The summed E-state index contributed by atoms with van der Waals surface area (Å²) in [5, 5.41) is 1.13. The van der Waals surface area contributed by atoms with Crippen LogP contribution >= 0.6 is 11.6 Å². The fourth-order valence-electron chi connectivity index (χ4n) is 2.23. The summed E-state index contributed by atoms with van der Waals surface area (Å²) in [5.74, 6) is 0. The fourth-order valence-corrected chi connectivity index (χ4v) is 2.46. The van der Waals surface area contributed by atoms with Crippen molar-refractivity contribution >= 4 is 22.5 Å². The van der Waals surface area contributed by atoms with Gasteiger partial charge in [-0.3, -0.25) is 4.98 Å². The van der Waals surface area contributed by atoms with E-state index in [9.17, 15) is 0 Å². The number of fused-ring (bicyclic) bond motifs is 1. The highest BCUT2D eigenvalue weighted by Crippen LogP contribution is 2.35. The molecule has 19 heavy (non-hydrogen) atoms. The quantitative estimate of drug-likeness (QED) is 0.611. The van der Waals surface area contributed by atoms with Gasteiger partial charge in [-0.25, -0.2) is 0 Å². The maximum Gasteiger partial charge on any atom is 0.109 e. The molecular formula is C17H14ClN. The van der Waals surface area contributed by atoms with Crippen LogP contribution in [-0.2, 0) is 4.87 Å². The molecule has 94 valence electrons. The molecule has 0 bridgehead atoms. The summed E-state index contributed by atoms with van der Waals surface area (Å²) >= 11 is 6.72. The lowest BCUT2D eigenvalue weighted by Crippen LogP contribution is -2.17. The second-order valence-corrected chi connectivity index (χ2v) is 5.51. The van der Waals surface area contributed by atoms with Gasteiger partial charge in [0.05, 0.1) is 11.2 Å². The van der Waals surface area contributed by atoms with Crippen molar-refractivity contribution in [3.8, 4) is 0 Å². The summed E-state index contributed by atoms with van der Waals surface area (Å²) in [6.45, 7) is 1.99. The van der Waals surface area contributed by atoms with Crippen LogP contribution in [0.2, 0.25) is 0 Å². The van der Waals surface area contributed by atoms with Crippen molar-refractivity contribution in [3.05, 3.63) is 78.0 Å². The van der Waals surface area contributed by atoms with E-state index in [1.807, 2.05) is 61.5 Å². The Hall–Kier alpha value is -1.86. The molecule has 0 amide bonds. The number of benzene rings is 2. The molecule has 0 spiro atoms. The Bertz CT molecular complexity index is 705. The van der Waals surface area contributed by atoms with E-state index in [1.54, 1.807) is 0 Å². The third kappa shape index (κ3) is 2.22. The highest BCUT2D eigenvalue weighted by Gasteiger charge is 2.27. The topological polar surface area (TPSA) is 12.9 Å². The summed E-state index contributed by atoms with van der Waals surface area (Å²) < 4.78 is 0. The van der Waals surface area contributed by atoms with Crippen molar-refractivity contribution in [1.29, 1.82) is 0 Å². The van der Waals surface area contributed by atoms with Crippen molar-refractivity contribution < 1.29 is 0 Å². The molecule has 1 nitrogen and oxygen atoms in total. The molecule has 3 rings (SSSR count). The first-order chi connectivity index (χ1) is 9.18. The molecule has 1 aromatic heterocycles. The Balaban J connectivity index is 2.13. The van der Waals surface area contributed by atoms with Crippen LogP contribution in [0.25, 0.3) is 10.9 Å². The van der Waals surface area contributed by atoms with Crippen molar-refractivity contribution in [2.24, 2.45) is 0 Å². The summed E-state index contributed by atoms with van der Waals surface area (Å²) in [6, 6.07) is 22.2. The first-order valence-electron chi connectivity index (χ1n) is 6.28. The third-order valence-electron chi connectivity index (χ3n) is 3.40. The van der Waals surface area contributed by atoms with Crippen LogP contribution in [0.4, 0.5) is 0 Å². The number of alkyl halides is 1. The second-order valence-electron chi connectivity index (χ2n) is 4.76. The average molecular weight is 268 g/mol. The molecule has 1 atom stereocenters. The van der Waals surface area contributed by atoms with E-state index in [-0.39, 0.29) is 0 Å². The van der Waals surface area contributed by atoms with Crippen LogP contribution in [0.5, 0.6) is 0 Å². The minimum atomic E-state index is -0.606. The van der Waals surface area contributed by atoms with Crippen LogP contribution < -0.4 is 0 Å². The Morgan fingerprint density at radius 3 is 2.32 bits per heavy atom. The van der Waals surface area contributed by atoms with Gasteiger partial charge in [-0.2, -0.15) is 0 Å². The van der Waals surface area contributed by atoms with Crippen molar-refractivity contribution in [1.82, 2.24) is 4.98 Å². The van der Waals surface area contributed by atoms with Crippen LogP contribution in [0.15, 0.2) is 66.7 Å². The van der Waals surface area contributed by atoms with Crippen LogP contribution in [-0.4, -0.2) is 4.98 Å². The van der Waals surface area contributed by atoms with Gasteiger partial charge in [-0.1, -0.05) is 54.6 Å². The second kappa shape index (κ2) is 4.67. The van der Waals surface area contributed by atoms with Gasteiger partial charge in [0, 0.05) is 5.39 Å². The number of hydrogen-bond acceptors (Lipinski definition) is 1. The van der Waals surface area contributed by atoms with Gasteiger partial charge < -0.3 is 0 Å². The summed E-state index contributed by atoms with van der Waals surface area (Å²) in [5.41, 5.74) is 2.90. The zero-order valence-electron chi connectivity index (χ0n) is 10.7. The Morgan fingerprint density at radius 2 is 1.53 bits per heavy atom. The maximum absolute atomic E-state index is 6.72. The molecule has 0 saturated heterocycles. The molecule has 0 aliphatic carbocycles. The molecular weight excluding hydrogens is 254 g/mol. The van der Waals surface area contributed by atoms with Crippen molar-refractivity contribution in [2.45, 2.75) is 11.8 Å². The Labute approximate surface area is 117 Å². The molecule has 2 aromatic carbocycles. The SMILES string of the molecule is CC(Cl)(c1ccccc1)c1ccc2ccccc2n1. The molecule has 0 saturated carbocycles. The molecule has 2 heteroatoms. The highest BCUT2D eigenvalue weighted by molar-refractivity contribution is 6.25. The number of rotatable bonds is 2. The van der Waals surface area contributed by atoms with E-state index in [1.165, 1.54) is 0 Å². The lowest BCUT2D eigenvalue weighted by atomic mass is 9.96. The van der Waals surface area contributed by atoms with E-state index < -0.39 is 4.87 Å². The molecule has 0 radical (unpaired) electrons. The predicted molar refractivity (Wildman–Crippen MR) is 80.5 cm³/mol. The monoisotopic (exact) mass is 267 g/mol. The molecule has 0 N–H and O–H groups in total. The van der Waals surface area contributed by atoms with E-state index in [2.05, 4.69) is 12.1 Å². The standard InChI is InChI=1S/C17H14ClN/c1-17(18,14-8-3-2-4-9-14)16-12-11-13-7-5-6-10-15(13)19-16/h2-12H,1H3. The number of pyridine rings is 1. The number of halogens is 1. The lowest BCUT2D eigenvalue weighted by Gasteiger charge is -2.22. The van der Waals surface area contributed by atoms with Gasteiger partial charge in [0.15, 0.2) is 0 Å². The number of para-hydroxylation sites is 1. The minimum Gasteiger partial charge on any atom is -0.251 e. The predicted octanol–water partition coefficient (Wildman–Crippen LogP) is 4.74. The molecule has 1 heterocycles. The number of nitrogens with zero attached hydrogens (tertiary/aromatic N) is 1. The van der Waals surface area contributed by atoms with E-state index in [0.29, 0.717) is 0 Å². The first-order valence-corrected chi connectivity index (χ1v) is 6.66. The van der Waals surface area contributed by atoms with Gasteiger partial charge in [0.1, 0.15) is 4.87 Å². The van der Waals surface area contributed by atoms with Crippen LogP contribution in [0.1, 0.15) is 18.2 Å². The van der Waals surface area contributed by atoms with E-state index in [0.717, 1.165) is 22.2 Å². The fraction of sp³-hybridized carbons (Fsp3) is 0.118. The maximum atomic E-state index is 6.72. The number of hydrogen-bond donors (Lipinski definition) is 0. The minimum absolute atomic E-state index is 0.606. The van der Waals surface area contributed by atoms with Gasteiger partial charge in [-0.05, 0) is 24.6 Å². The molecule has 1 unspecified atom stereocenters. The zero-order valence-corrected chi connectivity index (χ0v) is 11.4. The van der Waals surface area contributed by atoms with Gasteiger partial charge in [-0.15, -0.1) is 11.6 Å². The zero-order chi connectivity index (χ0) is 13.3. The first kappa shape index (κ1) is 12.2. The van der Waals surface area contributed by atoms with Crippen LogP contribution in [0, 0.1) is 0 Å². The van der Waals surface area contributed by atoms with E-state index >= 15 is 0 Å². The van der Waals surface area contributed by atoms with Crippen molar-refractivity contribution in [2.75, 3.05) is 0 Å². The third-order valence-corrected chi connectivity index (χ3v) is 3.81. The number of aromatic nitrogens is 1. The van der Waals surface area contributed by atoms with E-state index in [4.69, 9.17) is 16.6 Å². The summed E-state index contributed by atoms with van der Waals surface area (Å²) in [7, 11) is 0. The molecule has 3 aromatic rings. The van der Waals surface area contributed by atoms with Crippen LogP contribution in [0.3, 0.4) is 0 Å². The Morgan fingerprint density at radius 1 is 0.842 bits per heavy atom. The normalized spacial score (nSPS) is 14.2. The molecule has 0 fully saturated rings. The van der Waals surface area contributed by atoms with Gasteiger partial charge in [0.2, 0.25) is 0 Å². The largest absolute Gasteiger partial charge is 0.251 e. The van der Waals surface area contributed by atoms with Gasteiger partial charge in [0.25, 0.3) is 0 Å². The lowest BCUT2D eigenvalue weighted by molar-refractivity contribution is 0.789. The molecule has 0 aliphatic rings. The summed E-state index contributed by atoms with van der Waals surface area (Å²) in [6.07, 6.45) is 0. The molecule has 0 aliphatic heterocycles. The van der Waals surface area contributed by atoms with Gasteiger partial charge >= 0.3 is 0 Å². The average Bonchev–Trinajstić information content (AvgIpc) is 2.47. The highest BCUT2D eigenvalue weighted by atomic mass is 35.5. The Kier molecular flexibility index (Phi) is 3.00. The summed E-state index contributed by atoms with van der Waals surface area (Å²) in [4.78, 5) is 4.09. The van der Waals surface area contributed by atoms with Crippen molar-refractivity contribution in [3.63, 3.8) is 0 Å².